The average molecular weight is 294 g/mol. The van der Waals surface area contributed by atoms with Crippen molar-refractivity contribution < 1.29 is 4.74 Å². The molecule has 1 aromatic rings. The minimum absolute atomic E-state index is 0.0517. The maximum atomic E-state index is 6.28. The predicted molar refractivity (Wildman–Crippen MR) is 83.9 cm³/mol. The molecule has 2 aliphatic carbocycles. The number of ether oxygens (including phenoxy) is 1. The zero-order valence-corrected chi connectivity index (χ0v) is 13.2. The van der Waals surface area contributed by atoms with E-state index in [1.54, 1.807) is 11.3 Å². The van der Waals surface area contributed by atoms with E-state index in [4.69, 9.17) is 10.5 Å². The van der Waals surface area contributed by atoms with Gasteiger partial charge in [0.1, 0.15) is 0 Å². The molecule has 0 amide bonds. The van der Waals surface area contributed by atoms with Crippen molar-refractivity contribution in [2.75, 3.05) is 13.7 Å². The minimum Gasteiger partial charge on any atom is -0.379 e. The van der Waals surface area contributed by atoms with Crippen molar-refractivity contribution in [1.82, 2.24) is 4.90 Å². The third kappa shape index (κ3) is 2.67. The third-order valence-electron chi connectivity index (χ3n) is 5.06. The van der Waals surface area contributed by atoms with E-state index in [1.165, 1.54) is 37.7 Å². The Hall–Kier alpha value is -0.420. The molecule has 0 aromatic carbocycles. The number of methoxy groups -OCH3 is 1. The quantitative estimate of drug-likeness (QED) is 0.876. The topological polar surface area (TPSA) is 38.5 Å². The monoisotopic (exact) mass is 294 g/mol. The molecule has 0 saturated heterocycles. The molecule has 1 aromatic heterocycles. The molecule has 112 valence electrons. The van der Waals surface area contributed by atoms with Crippen LogP contribution in [0.25, 0.3) is 0 Å². The van der Waals surface area contributed by atoms with Crippen molar-refractivity contribution in [3.63, 3.8) is 0 Å². The predicted octanol–water partition coefficient (Wildman–Crippen LogP) is 3.00. The summed E-state index contributed by atoms with van der Waals surface area (Å²) in [4.78, 5) is 2.68. The van der Waals surface area contributed by atoms with E-state index in [-0.39, 0.29) is 5.54 Å². The highest BCUT2D eigenvalue weighted by Gasteiger charge is 2.49. The zero-order valence-electron chi connectivity index (χ0n) is 12.4. The summed E-state index contributed by atoms with van der Waals surface area (Å²) in [6.45, 7) is 1.75. The first-order valence-electron chi connectivity index (χ1n) is 7.81. The second kappa shape index (κ2) is 6.14. The molecule has 0 spiro atoms. The Kier molecular flexibility index (Phi) is 4.46. The van der Waals surface area contributed by atoms with E-state index in [2.05, 4.69) is 21.7 Å². The van der Waals surface area contributed by atoms with Crippen LogP contribution >= 0.6 is 11.3 Å². The number of nitrogens with two attached hydrogens (primary N) is 1. The summed E-state index contributed by atoms with van der Waals surface area (Å²) < 4.78 is 5.86. The van der Waals surface area contributed by atoms with Gasteiger partial charge in [-0.3, -0.25) is 4.90 Å². The Morgan fingerprint density at radius 1 is 1.40 bits per heavy atom. The highest BCUT2D eigenvalue weighted by Crippen LogP contribution is 2.42. The van der Waals surface area contributed by atoms with Crippen LogP contribution in [0.2, 0.25) is 0 Å². The second-order valence-corrected chi connectivity index (χ2v) is 7.05. The lowest BCUT2D eigenvalue weighted by molar-refractivity contribution is -0.0830. The van der Waals surface area contributed by atoms with Crippen molar-refractivity contribution in [3.05, 3.63) is 22.4 Å². The van der Waals surface area contributed by atoms with Gasteiger partial charge in [0, 0.05) is 26.2 Å². The molecule has 2 aliphatic rings. The lowest BCUT2D eigenvalue weighted by atomic mass is 9.77. The van der Waals surface area contributed by atoms with Crippen LogP contribution in [0.4, 0.5) is 0 Å². The molecule has 4 heteroatoms. The Morgan fingerprint density at radius 2 is 2.25 bits per heavy atom. The van der Waals surface area contributed by atoms with Gasteiger partial charge in [-0.05, 0) is 48.1 Å². The van der Waals surface area contributed by atoms with Crippen LogP contribution in [0.15, 0.2) is 16.8 Å². The standard InChI is InChI=1S/C16H26N2OS/c1-19-15-4-2-3-8-16(15,12-17)18(14-5-6-14)10-13-7-9-20-11-13/h7,9,11,14-15H,2-6,8,10,12,17H2,1H3. The zero-order chi connectivity index (χ0) is 14.0. The van der Waals surface area contributed by atoms with Gasteiger partial charge < -0.3 is 10.5 Å². The van der Waals surface area contributed by atoms with Crippen molar-refractivity contribution in [2.45, 2.75) is 62.8 Å². The first kappa shape index (κ1) is 14.5. The van der Waals surface area contributed by atoms with E-state index in [0.29, 0.717) is 18.7 Å². The lowest BCUT2D eigenvalue weighted by Crippen LogP contribution is -2.63. The van der Waals surface area contributed by atoms with Crippen LogP contribution < -0.4 is 5.73 Å². The van der Waals surface area contributed by atoms with Gasteiger partial charge in [-0.2, -0.15) is 11.3 Å². The first-order valence-corrected chi connectivity index (χ1v) is 8.75. The van der Waals surface area contributed by atoms with Gasteiger partial charge in [-0.1, -0.05) is 12.8 Å². The van der Waals surface area contributed by atoms with Gasteiger partial charge in [-0.25, -0.2) is 0 Å². The molecule has 2 unspecified atom stereocenters. The van der Waals surface area contributed by atoms with Crippen LogP contribution in [-0.2, 0) is 11.3 Å². The number of rotatable bonds is 6. The highest BCUT2D eigenvalue weighted by atomic mass is 32.1. The molecular formula is C16H26N2OS. The molecule has 0 bridgehead atoms. The van der Waals surface area contributed by atoms with Gasteiger partial charge in [0.25, 0.3) is 0 Å². The normalized spacial score (nSPS) is 30.9. The Morgan fingerprint density at radius 3 is 2.85 bits per heavy atom. The van der Waals surface area contributed by atoms with Gasteiger partial charge >= 0.3 is 0 Å². The second-order valence-electron chi connectivity index (χ2n) is 6.27. The van der Waals surface area contributed by atoms with Gasteiger partial charge in [0.05, 0.1) is 11.6 Å². The lowest BCUT2D eigenvalue weighted by Gasteiger charge is -2.50. The van der Waals surface area contributed by atoms with Crippen LogP contribution in [0.5, 0.6) is 0 Å². The van der Waals surface area contributed by atoms with Crippen molar-refractivity contribution >= 4 is 11.3 Å². The fraction of sp³-hybridized carbons (Fsp3) is 0.750. The van der Waals surface area contributed by atoms with E-state index < -0.39 is 0 Å². The molecule has 0 radical (unpaired) electrons. The summed E-state index contributed by atoms with van der Waals surface area (Å²) in [5, 5.41) is 4.44. The first-order chi connectivity index (χ1) is 9.80. The average Bonchev–Trinajstić information content (AvgIpc) is 3.21. The summed E-state index contributed by atoms with van der Waals surface area (Å²) in [5.74, 6) is 0. The third-order valence-corrected chi connectivity index (χ3v) is 5.79. The van der Waals surface area contributed by atoms with Crippen LogP contribution in [-0.4, -0.2) is 36.2 Å². The van der Waals surface area contributed by atoms with Crippen molar-refractivity contribution in [3.8, 4) is 0 Å². The van der Waals surface area contributed by atoms with Crippen molar-refractivity contribution in [1.29, 1.82) is 0 Å². The van der Waals surface area contributed by atoms with E-state index >= 15 is 0 Å². The summed E-state index contributed by atoms with van der Waals surface area (Å²) in [5.41, 5.74) is 7.76. The van der Waals surface area contributed by atoms with Crippen LogP contribution in [0.1, 0.15) is 44.1 Å². The smallest absolute Gasteiger partial charge is 0.0767 e. The number of hydrogen-bond donors (Lipinski definition) is 1. The van der Waals surface area contributed by atoms with Gasteiger partial charge in [0.15, 0.2) is 0 Å². The Labute approximate surface area is 126 Å². The fourth-order valence-electron chi connectivity index (χ4n) is 3.82. The molecule has 3 nitrogen and oxygen atoms in total. The molecular weight excluding hydrogens is 268 g/mol. The molecule has 2 atom stereocenters. The van der Waals surface area contributed by atoms with Crippen molar-refractivity contribution in [2.24, 2.45) is 5.73 Å². The Balaban J connectivity index is 1.86. The van der Waals surface area contributed by atoms with E-state index in [0.717, 1.165) is 13.0 Å². The number of hydrogen-bond acceptors (Lipinski definition) is 4. The highest BCUT2D eigenvalue weighted by molar-refractivity contribution is 7.07. The summed E-state index contributed by atoms with van der Waals surface area (Å²) in [7, 11) is 1.86. The molecule has 1 heterocycles. The van der Waals surface area contributed by atoms with E-state index in [9.17, 15) is 0 Å². The summed E-state index contributed by atoms with van der Waals surface area (Å²) in [6, 6.07) is 2.96. The molecule has 2 saturated carbocycles. The fourth-order valence-corrected chi connectivity index (χ4v) is 4.48. The van der Waals surface area contributed by atoms with Gasteiger partial charge in [0.2, 0.25) is 0 Å². The number of thiophene rings is 1. The maximum Gasteiger partial charge on any atom is 0.0767 e. The van der Waals surface area contributed by atoms with E-state index in [1.807, 2.05) is 7.11 Å². The van der Waals surface area contributed by atoms with Crippen LogP contribution in [0.3, 0.4) is 0 Å². The molecule has 2 N–H and O–H groups in total. The molecule has 3 rings (SSSR count). The molecule has 2 fully saturated rings. The minimum atomic E-state index is 0.0517. The number of nitrogens with zero attached hydrogens (tertiary/aromatic N) is 1. The largest absolute Gasteiger partial charge is 0.379 e. The van der Waals surface area contributed by atoms with Gasteiger partial charge in [-0.15, -0.1) is 0 Å². The summed E-state index contributed by atoms with van der Waals surface area (Å²) >= 11 is 1.78. The SMILES string of the molecule is COC1CCCCC1(CN)N(Cc1ccsc1)C1CC1. The maximum absolute atomic E-state index is 6.28. The molecule has 20 heavy (non-hydrogen) atoms. The molecule has 0 aliphatic heterocycles. The Bertz CT molecular complexity index is 418. The van der Waals surface area contributed by atoms with Crippen LogP contribution in [0, 0.1) is 0 Å². The summed E-state index contributed by atoms with van der Waals surface area (Å²) in [6.07, 6.45) is 7.83.